The van der Waals surface area contributed by atoms with Crippen molar-refractivity contribution in [2.75, 3.05) is 11.9 Å². The van der Waals surface area contributed by atoms with E-state index >= 15 is 0 Å². The van der Waals surface area contributed by atoms with Crippen molar-refractivity contribution < 1.29 is 9.59 Å². The number of para-hydroxylation sites is 1. The summed E-state index contributed by atoms with van der Waals surface area (Å²) in [5.41, 5.74) is 1.42. The van der Waals surface area contributed by atoms with Crippen LogP contribution in [-0.2, 0) is 0 Å². The van der Waals surface area contributed by atoms with Crippen LogP contribution >= 0.6 is 0 Å². The highest BCUT2D eigenvalue weighted by molar-refractivity contribution is 6.05. The molecule has 22 heavy (non-hydrogen) atoms. The molecule has 5 heteroatoms. The van der Waals surface area contributed by atoms with Crippen LogP contribution in [0.5, 0.6) is 0 Å². The largest absolute Gasteiger partial charge is 0.352 e. The maximum absolute atomic E-state index is 12.2. The fourth-order valence-corrected chi connectivity index (χ4v) is 1.81. The fraction of sp³-hybridized carbons (Fsp3) is 0.235. The van der Waals surface area contributed by atoms with E-state index in [4.69, 9.17) is 0 Å². The van der Waals surface area contributed by atoms with Crippen LogP contribution in [-0.4, -0.2) is 23.3 Å². The topological polar surface area (TPSA) is 71.1 Å². The van der Waals surface area contributed by atoms with E-state index in [9.17, 15) is 9.59 Å². The van der Waals surface area contributed by atoms with Gasteiger partial charge in [-0.05, 0) is 24.1 Å². The molecule has 0 saturated heterocycles. The Morgan fingerprint density at radius 2 is 1.68 bits per heavy atom. The molecular formula is C17H19N3O2. The minimum atomic E-state index is -0.294. The van der Waals surface area contributed by atoms with Gasteiger partial charge in [0.05, 0.1) is 11.1 Å². The number of nitrogens with one attached hydrogen (secondary N) is 2. The van der Waals surface area contributed by atoms with Crippen LogP contribution in [0.25, 0.3) is 0 Å². The van der Waals surface area contributed by atoms with Gasteiger partial charge in [-0.15, -0.1) is 0 Å². The van der Waals surface area contributed by atoms with E-state index in [0.717, 1.165) is 0 Å². The fourth-order valence-electron chi connectivity index (χ4n) is 1.81. The van der Waals surface area contributed by atoms with E-state index in [0.29, 0.717) is 29.3 Å². The summed E-state index contributed by atoms with van der Waals surface area (Å²) < 4.78 is 0. The van der Waals surface area contributed by atoms with Crippen molar-refractivity contribution in [2.24, 2.45) is 5.92 Å². The van der Waals surface area contributed by atoms with Gasteiger partial charge in [0.25, 0.3) is 11.8 Å². The van der Waals surface area contributed by atoms with Gasteiger partial charge < -0.3 is 10.6 Å². The average molecular weight is 297 g/mol. The molecule has 0 unspecified atom stereocenters. The van der Waals surface area contributed by atoms with E-state index in [1.807, 2.05) is 32.0 Å². The number of anilines is 1. The molecule has 0 atom stereocenters. The predicted octanol–water partition coefficient (Wildman–Crippen LogP) is 2.72. The third-order valence-corrected chi connectivity index (χ3v) is 2.97. The standard InChI is InChI=1S/C17H19N3O2/c1-12(2)9-19-16(21)13-8-14(11-18-10-13)17(22)20-15-6-4-3-5-7-15/h3-8,10-12H,9H2,1-2H3,(H,19,21)(H,20,22). The minimum absolute atomic E-state index is 0.226. The van der Waals surface area contributed by atoms with Gasteiger partial charge in [0.2, 0.25) is 0 Å². The first-order valence-electron chi connectivity index (χ1n) is 7.16. The van der Waals surface area contributed by atoms with Crippen molar-refractivity contribution in [3.05, 3.63) is 59.9 Å². The molecule has 2 N–H and O–H groups in total. The number of carbonyl (C=O) groups excluding carboxylic acids is 2. The van der Waals surface area contributed by atoms with E-state index < -0.39 is 0 Å². The maximum atomic E-state index is 12.2. The van der Waals surface area contributed by atoms with Crippen molar-refractivity contribution in [3.63, 3.8) is 0 Å². The highest BCUT2D eigenvalue weighted by Crippen LogP contribution is 2.09. The van der Waals surface area contributed by atoms with Crippen molar-refractivity contribution in [3.8, 4) is 0 Å². The normalized spacial score (nSPS) is 10.3. The Morgan fingerprint density at radius 1 is 1.05 bits per heavy atom. The van der Waals surface area contributed by atoms with Crippen LogP contribution in [0.4, 0.5) is 5.69 Å². The molecule has 0 spiro atoms. The zero-order valence-corrected chi connectivity index (χ0v) is 12.7. The monoisotopic (exact) mass is 297 g/mol. The van der Waals surface area contributed by atoms with Crippen molar-refractivity contribution in [1.82, 2.24) is 10.3 Å². The summed E-state index contributed by atoms with van der Waals surface area (Å²) in [7, 11) is 0. The molecule has 1 aromatic heterocycles. The third kappa shape index (κ3) is 4.41. The molecule has 2 aromatic rings. The van der Waals surface area contributed by atoms with Gasteiger partial charge in [0, 0.05) is 24.6 Å². The number of nitrogens with zero attached hydrogens (tertiary/aromatic N) is 1. The Hall–Kier alpha value is -2.69. The lowest BCUT2D eigenvalue weighted by molar-refractivity contribution is 0.0948. The number of aromatic nitrogens is 1. The molecule has 0 radical (unpaired) electrons. The summed E-state index contributed by atoms with van der Waals surface area (Å²) >= 11 is 0. The molecule has 0 aliphatic rings. The van der Waals surface area contributed by atoms with E-state index in [1.165, 1.54) is 12.4 Å². The van der Waals surface area contributed by atoms with Crippen LogP contribution in [0.1, 0.15) is 34.6 Å². The summed E-state index contributed by atoms with van der Waals surface area (Å²) in [5, 5.41) is 5.57. The molecule has 114 valence electrons. The maximum Gasteiger partial charge on any atom is 0.257 e. The highest BCUT2D eigenvalue weighted by atomic mass is 16.2. The third-order valence-electron chi connectivity index (χ3n) is 2.97. The molecule has 2 rings (SSSR count). The lowest BCUT2D eigenvalue weighted by atomic mass is 10.1. The highest BCUT2D eigenvalue weighted by Gasteiger charge is 2.11. The molecule has 0 fully saturated rings. The Labute approximate surface area is 129 Å². The van der Waals surface area contributed by atoms with E-state index in [-0.39, 0.29) is 11.8 Å². The number of hydrogen-bond donors (Lipinski definition) is 2. The molecule has 1 aromatic carbocycles. The smallest absolute Gasteiger partial charge is 0.257 e. The van der Waals surface area contributed by atoms with Crippen LogP contribution < -0.4 is 10.6 Å². The molecule has 5 nitrogen and oxygen atoms in total. The van der Waals surface area contributed by atoms with E-state index in [1.54, 1.807) is 18.2 Å². The molecule has 0 bridgehead atoms. The predicted molar refractivity (Wildman–Crippen MR) is 85.8 cm³/mol. The van der Waals surface area contributed by atoms with Gasteiger partial charge in [-0.1, -0.05) is 32.0 Å². The summed E-state index contributed by atoms with van der Waals surface area (Å²) in [6, 6.07) is 10.7. The van der Waals surface area contributed by atoms with Gasteiger partial charge in [-0.3, -0.25) is 14.6 Å². The number of pyridine rings is 1. The van der Waals surface area contributed by atoms with Gasteiger partial charge >= 0.3 is 0 Å². The van der Waals surface area contributed by atoms with Gasteiger partial charge in [-0.2, -0.15) is 0 Å². The minimum Gasteiger partial charge on any atom is -0.352 e. The van der Waals surface area contributed by atoms with Gasteiger partial charge in [0.1, 0.15) is 0 Å². The second kappa shape index (κ2) is 7.36. The molecule has 0 saturated carbocycles. The number of rotatable bonds is 5. The zero-order chi connectivity index (χ0) is 15.9. The first-order chi connectivity index (χ1) is 10.6. The van der Waals surface area contributed by atoms with Crippen molar-refractivity contribution in [2.45, 2.75) is 13.8 Å². The first-order valence-corrected chi connectivity index (χ1v) is 7.16. The van der Waals surface area contributed by atoms with Gasteiger partial charge in [-0.25, -0.2) is 0 Å². The summed E-state index contributed by atoms with van der Waals surface area (Å²) in [6.45, 7) is 4.61. The Balaban J connectivity index is 2.07. The summed E-state index contributed by atoms with van der Waals surface area (Å²) in [5.74, 6) is -0.158. The van der Waals surface area contributed by atoms with Gasteiger partial charge in [0.15, 0.2) is 0 Å². The van der Waals surface area contributed by atoms with Crippen LogP contribution in [0.3, 0.4) is 0 Å². The Kier molecular flexibility index (Phi) is 5.25. The quantitative estimate of drug-likeness (QED) is 0.891. The number of benzene rings is 1. The average Bonchev–Trinajstić information content (AvgIpc) is 2.53. The summed E-state index contributed by atoms with van der Waals surface area (Å²) in [4.78, 5) is 28.1. The molecule has 0 aliphatic carbocycles. The zero-order valence-electron chi connectivity index (χ0n) is 12.7. The van der Waals surface area contributed by atoms with E-state index in [2.05, 4.69) is 15.6 Å². The van der Waals surface area contributed by atoms with Crippen molar-refractivity contribution in [1.29, 1.82) is 0 Å². The molecule has 1 heterocycles. The Bertz CT molecular complexity index is 654. The van der Waals surface area contributed by atoms with Crippen LogP contribution in [0.2, 0.25) is 0 Å². The molecular weight excluding hydrogens is 278 g/mol. The lowest BCUT2D eigenvalue weighted by Gasteiger charge is -2.09. The molecule has 0 aliphatic heterocycles. The summed E-state index contributed by atoms with van der Waals surface area (Å²) in [6.07, 6.45) is 2.90. The second-order valence-electron chi connectivity index (χ2n) is 5.39. The molecule has 2 amide bonds. The Morgan fingerprint density at radius 3 is 2.32 bits per heavy atom. The SMILES string of the molecule is CC(C)CNC(=O)c1cncc(C(=O)Nc2ccccc2)c1. The number of amides is 2. The van der Waals surface area contributed by atoms with Crippen LogP contribution in [0.15, 0.2) is 48.8 Å². The lowest BCUT2D eigenvalue weighted by Crippen LogP contribution is -2.27. The first kappa shape index (κ1) is 15.7. The second-order valence-corrected chi connectivity index (χ2v) is 5.39. The number of hydrogen-bond acceptors (Lipinski definition) is 3. The number of carbonyl (C=O) groups is 2. The van der Waals surface area contributed by atoms with Crippen molar-refractivity contribution >= 4 is 17.5 Å². The van der Waals surface area contributed by atoms with Crippen LogP contribution in [0, 0.1) is 5.92 Å².